The number of amides is 1. The summed E-state index contributed by atoms with van der Waals surface area (Å²) in [7, 11) is 3.97. The molecule has 3 rings (SSSR count). The van der Waals surface area contributed by atoms with Crippen LogP contribution in [0, 0.1) is 0 Å². The van der Waals surface area contributed by atoms with Gasteiger partial charge in [0, 0.05) is 52.0 Å². The SMILES string of the molecule is CCC(=NC(=NC(Cl)C(F)C(C)c1cc(O)cc2ccccc12)OCCCN(C)C)N1CCN(C(C)=O)CC1. The maximum absolute atomic E-state index is 15.8. The van der Waals surface area contributed by atoms with Crippen LogP contribution in [0.25, 0.3) is 10.8 Å². The molecule has 0 radical (unpaired) electrons. The number of hydrogen-bond donors (Lipinski definition) is 1. The lowest BCUT2D eigenvalue weighted by Crippen LogP contribution is -2.50. The van der Waals surface area contributed by atoms with Crippen LogP contribution >= 0.6 is 11.6 Å². The molecular weight excluding hydrogens is 521 g/mol. The van der Waals surface area contributed by atoms with Gasteiger partial charge < -0.3 is 24.5 Å². The molecule has 1 amide bonds. The van der Waals surface area contributed by atoms with Crippen molar-refractivity contribution in [2.24, 2.45) is 9.98 Å². The zero-order valence-electron chi connectivity index (χ0n) is 23.6. The fraction of sp³-hybridized carbons (Fsp3) is 0.552. The molecule has 214 valence electrons. The molecule has 39 heavy (non-hydrogen) atoms. The highest BCUT2D eigenvalue weighted by atomic mass is 35.5. The number of nitrogens with zero attached hydrogens (tertiary/aromatic N) is 5. The van der Waals surface area contributed by atoms with Crippen LogP contribution in [0.4, 0.5) is 4.39 Å². The Balaban J connectivity index is 1.83. The minimum atomic E-state index is -1.56. The first kappa shape index (κ1) is 30.6. The van der Waals surface area contributed by atoms with Crippen LogP contribution in [0.15, 0.2) is 46.4 Å². The average molecular weight is 562 g/mol. The van der Waals surface area contributed by atoms with Crippen molar-refractivity contribution in [1.29, 1.82) is 0 Å². The fourth-order valence-electron chi connectivity index (χ4n) is 4.69. The topological polar surface area (TPSA) is 81.0 Å². The van der Waals surface area contributed by atoms with Crippen LogP contribution < -0.4 is 0 Å². The van der Waals surface area contributed by atoms with E-state index >= 15 is 4.39 Å². The monoisotopic (exact) mass is 561 g/mol. The first-order chi connectivity index (χ1) is 18.6. The van der Waals surface area contributed by atoms with Gasteiger partial charge >= 0.3 is 6.02 Å². The summed E-state index contributed by atoms with van der Waals surface area (Å²) in [6.07, 6.45) is -0.188. The van der Waals surface area contributed by atoms with E-state index in [1.165, 1.54) is 0 Å². The van der Waals surface area contributed by atoms with E-state index in [2.05, 4.69) is 19.8 Å². The van der Waals surface area contributed by atoms with E-state index in [1.54, 1.807) is 26.0 Å². The van der Waals surface area contributed by atoms with Crippen LogP contribution in [0.2, 0.25) is 0 Å². The first-order valence-corrected chi connectivity index (χ1v) is 14.0. The molecule has 0 aromatic heterocycles. The van der Waals surface area contributed by atoms with Gasteiger partial charge in [0.1, 0.15) is 17.8 Å². The summed E-state index contributed by atoms with van der Waals surface area (Å²) in [6, 6.07) is 10.8. The number of amidine groups is 2. The van der Waals surface area contributed by atoms with Gasteiger partial charge in [-0.3, -0.25) is 4.79 Å². The highest BCUT2D eigenvalue weighted by molar-refractivity contribution is 6.21. The largest absolute Gasteiger partial charge is 0.508 e. The molecule has 1 saturated heterocycles. The summed E-state index contributed by atoms with van der Waals surface area (Å²) in [5.74, 6) is 0.251. The second kappa shape index (κ2) is 14.5. The summed E-state index contributed by atoms with van der Waals surface area (Å²) >= 11 is 6.55. The Labute approximate surface area is 236 Å². The molecule has 2 aromatic rings. The molecule has 1 aliphatic rings. The van der Waals surface area contributed by atoms with Gasteiger partial charge in [0.2, 0.25) is 5.91 Å². The molecule has 1 aliphatic heterocycles. The van der Waals surface area contributed by atoms with Gasteiger partial charge in [-0.1, -0.05) is 49.7 Å². The third kappa shape index (κ3) is 8.54. The normalized spacial score (nSPS) is 17.4. The lowest BCUT2D eigenvalue weighted by Gasteiger charge is -2.36. The van der Waals surface area contributed by atoms with Crippen LogP contribution in [0.1, 0.15) is 45.1 Å². The standard InChI is InChI=1S/C29H41ClFN5O3/c1-6-26(36-15-13-35(14-16-36)21(3)37)32-29(39-17-9-12-34(4)5)33-28(30)27(31)20(2)25-19-23(38)18-22-10-7-8-11-24(22)25/h7-8,10-11,18-20,27-28,38H,6,9,12-17H2,1-5H3. The van der Waals surface area contributed by atoms with Crippen LogP contribution in [-0.2, 0) is 9.53 Å². The van der Waals surface area contributed by atoms with Crippen molar-refractivity contribution in [3.05, 3.63) is 42.0 Å². The molecular formula is C29H41ClFN5O3. The number of ether oxygens (including phenoxy) is 1. The van der Waals surface area contributed by atoms with Gasteiger partial charge in [0.25, 0.3) is 0 Å². The Morgan fingerprint density at radius 3 is 2.49 bits per heavy atom. The number of hydrogen-bond acceptors (Lipinski definition) is 5. The molecule has 0 spiro atoms. The van der Waals surface area contributed by atoms with E-state index < -0.39 is 17.6 Å². The minimum absolute atomic E-state index is 0.0511. The number of phenols is 1. The van der Waals surface area contributed by atoms with Crippen molar-refractivity contribution in [2.75, 3.05) is 53.4 Å². The van der Waals surface area contributed by atoms with Gasteiger partial charge in [-0.25, -0.2) is 9.38 Å². The maximum atomic E-state index is 15.8. The molecule has 8 nitrogen and oxygen atoms in total. The lowest BCUT2D eigenvalue weighted by molar-refractivity contribution is -0.130. The summed E-state index contributed by atoms with van der Waals surface area (Å²) < 4.78 is 21.7. The molecule has 3 unspecified atom stereocenters. The van der Waals surface area contributed by atoms with Crippen LogP contribution in [0.3, 0.4) is 0 Å². The quantitative estimate of drug-likeness (QED) is 0.156. The predicted molar refractivity (Wildman–Crippen MR) is 157 cm³/mol. The lowest BCUT2D eigenvalue weighted by atomic mass is 9.91. The Morgan fingerprint density at radius 2 is 1.85 bits per heavy atom. The molecule has 1 N–H and O–H groups in total. The molecule has 2 aromatic carbocycles. The summed E-state index contributed by atoms with van der Waals surface area (Å²) in [5.41, 5.74) is -0.588. The van der Waals surface area contributed by atoms with Crippen LogP contribution in [0.5, 0.6) is 5.75 Å². The second-order valence-corrected chi connectivity index (χ2v) is 10.6. The number of aromatic hydroxyl groups is 1. The van der Waals surface area contributed by atoms with Crippen LogP contribution in [-0.4, -0.2) is 103 Å². The number of alkyl halides is 2. The number of aliphatic imine (C=N–C) groups is 2. The first-order valence-electron chi connectivity index (χ1n) is 13.5. The Hall–Kier alpha value is -2.91. The van der Waals surface area contributed by atoms with Gasteiger partial charge in [0.05, 0.1) is 6.61 Å². The number of phenolic OH excluding ortho intramolecular Hbond substituents is 1. The number of benzene rings is 2. The minimum Gasteiger partial charge on any atom is -0.508 e. The van der Waals surface area contributed by atoms with Gasteiger partial charge in [0.15, 0.2) is 5.50 Å². The maximum Gasteiger partial charge on any atom is 0.314 e. The second-order valence-electron chi connectivity index (χ2n) is 10.2. The summed E-state index contributed by atoms with van der Waals surface area (Å²) in [4.78, 5) is 26.8. The van der Waals surface area contributed by atoms with E-state index in [0.717, 1.165) is 29.6 Å². The summed E-state index contributed by atoms with van der Waals surface area (Å²) in [5, 5.41) is 11.9. The van der Waals surface area contributed by atoms with Gasteiger partial charge in [-0.05, 0) is 49.0 Å². The van der Waals surface area contributed by atoms with Crippen molar-refractivity contribution >= 4 is 40.1 Å². The Kier molecular flexibility index (Phi) is 11.4. The molecule has 0 saturated carbocycles. The number of halogens is 2. The Morgan fingerprint density at radius 1 is 1.18 bits per heavy atom. The van der Waals surface area contributed by atoms with Crippen molar-refractivity contribution in [3.8, 4) is 5.75 Å². The van der Waals surface area contributed by atoms with Gasteiger partial charge in [-0.15, -0.1) is 0 Å². The van der Waals surface area contributed by atoms with E-state index in [9.17, 15) is 9.90 Å². The molecule has 0 bridgehead atoms. The number of piperazine rings is 1. The predicted octanol–water partition coefficient (Wildman–Crippen LogP) is 4.85. The third-order valence-corrected chi connectivity index (χ3v) is 7.29. The molecule has 0 aliphatic carbocycles. The smallest absolute Gasteiger partial charge is 0.314 e. The number of carbonyl (C=O) groups excluding carboxylic acids is 1. The number of rotatable bonds is 9. The van der Waals surface area contributed by atoms with Crippen molar-refractivity contribution in [1.82, 2.24) is 14.7 Å². The van der Waals surface area contributed by atoms with Crippen molar-refractivity contribution in [2.45, 2.75) is 51.2 Å². The zero-order chi connectivity index (χ0) is 28.5. The number of fused-ring (bicyclic) bond motifs is 1. The molecule has 10 heteroatoms. The Bertz CT molecular complexity index is 1170. The summed E-state index contributed by atoms with van der Waals surface area (Å²) in [6.45, 7) is 9.02. The van der Waals surface area contributed by atoms with Gasteiger partial charge in [-0.2, -0.15) is 4.99 Å². The molecule has 1 fully saturated rings. The zero-order valence-corrected chi connectivity index (χ0v) is 24.4. The van der Waals surface area contributed by atoms with E-state index in [1.807, 2.05) is 50.2 Å². The van der Waals surface area contributed by atoms with Crippen molar-refractivity contribution < 1.29 is 19.0 Å². The highest BCUT2D eigenvalue weighted by Gasteiger charge is 2.29. The van der Waals surface area contributed by atoms with Crippen molar-refractivity contribution in [3.63, 3.8) is 0 Å². The third-order valence-electron chi connectivity index (χ3n) is 6.96. The molecule has 3 atom stereocenters. The number of carbonyl (C=O) groups is 1. The van der Waals surface area contributed by atoms with E-state index in [0.29, 0.717) is 44.8 Å². The van der Waals surface area contributed by atoms with E-state index in [-0.39, 0.29) is 17.7 Å². The fourth-order valence-corrected chi connectivity index (χ4v) is 4.99. The average Bonchev–Trinajstić information content (AvgIpc) is 2.92. The molecule has 1 heterocycles. The highest BCUT2D eigenvalue weighted by Crippen LogP contribution is 2.35. The van der Waals surface area contributed by atoms with E-state index in [4.69, 9.17) is 16.3 Å².